The van der Waals surface area contributed by atoms with Crippen molar-refractivity contribution < 1.29 is 8.42 Å². The predicted octanol–water partition coefficient (Wildman–Crippen LogP) is 2.30. The van der Waals surface area contributed by atoms with Gasteiger partial charge in [-0.05, 0) is 30.5 Å². The minimum Gasteiger partial charge on any atom is -0.397 e. The molecule has 112 valence electrons. The number of nitrogen functional groups attached to an aromatic ring is 1. The van der Waals surface area contributed by atoms with Gasteiger partial charge in [-0.15, -0.1) is 0 Å². The molecular weight excluding hydrogens is 274 g/mol. The van der Waals surface area contributed by atoms with Gasteiger partial charge in [0.2, 0.25) is 10.0 Å². The van der Waals surface area contributed by atoms with Crippen LogP contribution in [-0.4, -0.2) is 15.0 Å². The SMILES string of the molecule is Nc1cc(S(N)(=O)=O)ccc1NCCC1CCCCC1. The van der Waals surface area contributed by atoms with Crippen molar-refractivity contribution in [3.05, 3.63) is 18.2 Å². The Hall–Kier alpha value is -1.27. The van der Waals surface area contributed by atoms with Gasteiger partial charge in [-0.25, -0.2) is 13.6 Å². The van der Waals surface area contributed by atoms with Crippen LogP contribution >= 0.6 is 0 Å². The molecule has 1 aromatic rings. The first-order chi connectivity index (χ1) is 9.47. The van der Waals surface area contributed by atoms with Crippen LogP contribution in [0.2, 0.25) is 0 Å². The maximum absolute atomic E-state index is 11.2. The third-order valence-corrected chi connectivity index (χ3v) is 4.86. The van der Waals surface area contributed by atoms with Crippen molar-refractivity contribution in [1.82, 2.24) is 0 Å². The Morgan fingerprint density at radius 3 is 2.50 bits per heavy atom. The normalized spacial score (nSPS) is 17.1. The lowest BCUT2D eigenvalue weighted by Crippen LogP contribution is -2.14. The maximum atomic E-state index is 11.2. The molecule has 5 nitrogen and oxygen atoms in total. The summed E-state index contributed by atoms with van der Waals surface area (Å²) in [5, 5.41) is 8.35. The van der Waals surface area contributed by atoms with E-state index in [1.165, 1.54) is 44.2 Å². The fourth-order valence-corrected chi connectivity index (χ4v) is 3.31. The molecule has 0 unspecified atom stereocenters. The first-order valence-electron chi connectivity index (χ1n) is 7.13. The van der Waals surface area contributed by atoms with Crippen LogP contribution in [0.25, 0.3) is 0 Å². The first kappa shape index (κ1) is 15.1. The monoisotopic (exact) mass is 297 g/mol. The Bertz CT molecular complexity index is 552. The zero-order valence-electron chi connectivity index (χ0n) is 11.6. The molecule has 1 fully saturated rings. The number of sulfonamides is 1. The van der Waals surface area contributed by atoms with Crippen molar-refractivity contribution in [3.63, 3.8) is 0 Å². The molecule has 0 aliphatic heterocycles. The third-order valence-electron chi connectivity index (χ3n) is 3.94. The van der Waals surface area contributed by atoms with Gasteiger partial charge in [0.1, 0.15) is 0 Å². The second-order valence-corrected chi connectivity index (χ2v) is 7.07. The highest BCUT2D eigenvalue weighted by molar-refractivity contribution is 7.89. The Labute approximate surface area is 120 Å². The van der Waals surface area contributed by atoms with Gasteiger partial charge in [-0.3, -0.25) is 0 Å². The van der Waals surface area contributed by atoms with Gasteiger partial charge >= 0.3 is 0 Å². The average Bonchev–Trinajstić information content (AvgIpc) is 2.40. The molecule has 0 radical (unpaired) electrons. The van der Waals surface area contributed by atoms with E-state index in [2.05, 4.69) is 5.32 Å². The van der Waals surface area contributed by atoms with Gasteiger partial charge in [-0.2, -0.15) is 0 Å². The molecule has 1 aliphatic rings. The van der Waals surface area contributed by atoms with E-state index in [9.17, 15) is 8.42 Å². The molecule has 1 aliphatic carbocycles. The smallest absolute Gasteiger partial charge is 0.238 e. The highest BCUT2D eigenvalue weighted by atomic mass is 32.2. The highest BCUT2D eigenvalue weighted by Crippen LogP contribution is 2.27. The fraction of sp³-hybridized carbons (Fsp3) is 0.571. The molecule has 6 heteroatoms. The summed E-state index contributed by atoms with van der Waals surface area (Å²) in [6.45, 7) is 0.865. The van der Waals surface area contributed by atoms with Gasteiger partial charge in [-0.1, -0.05) is 32.1 Å². The average molecular weight is 297 g/mol. The number of nitrogens with one attached hydrogen (secondary N) is 1. The summed E-state index contributed by atoms with van der Waals surface area (Å²) in [6, 6.07) is 4.56. The first-order valence-corrected chi connectivity index (χ1v) is 8.67. The minimum atomic E-state index is -3.69. The van der Waals surface area contributed by atoms with Crippen molar-refractivity contribution in [2.75, 3.05) is 17.6 Å². The summed E-state index contributed by atoms with van der Waals surface area (Å²) >= 11 is 0. The van der Waals surface area contributed by atoms with Gasteiger partial charge < -0.3 is 11.1 Å². The lowest BCUT2D eigenvalue weighted by molar-refractivity contribution is 0.345. The van der Waals surface area contributed by atoms with Crippen molar-refractivity contribution >= 4 is 21.4 Å². The van der Waals surface area contributed by atoms with Crippen molar-refractivity contribution in [2.45, 2.75) is 43.4 Å². The number of anilines is 2. The number of hydrogen-bond donors (Lipinski definition) is 3. The lowest BCUT2D eigenvalue weighted by atomic mass is 9.87. The van der Waals surface area contributed by atoms with E-state index < -0.39 is 10.0 Å². The maximum Gasteiger partial charge on any atom is 0.238 e. The molecule has 1 saturated carbocycles. The second-order valence-electron chi connectivity index (χ2n) is 5.51. The van der Waals surface area contributed by atoms with Gasteiger partial charge in [0.15, 0.2) is 0 Å². The summed E-state index contributed by atoms with van der Waals surface area (Å²) in [5.74, 6) is 0.807. The molecular formula is C14H23N3O2S. The van der Waals surface area contributed by atoms with Crippen LogP contribution in [-0.2, 0) is 10.0 Å². The van der Waals surface area contributed by atoms with Crippen molar-refractivity contribution in [2.24, 2.45) is 11.1 Å². The van der Waals surface area contributed by atoms with Gasteiger partial charge in [0.25, 0.3) is 0 Å². The number of primary sulfonamides is 1. The Morgan fingerprint density at radius 2 is 1.90 bits per heavy atom. The Morgan fingerprint density at radius 1 is 1.20 bits per heavy atom. The van der Waals surface area contributed by atoms with Crippen LogP contribution in [0.3, 0.4) is 0 Å². The summed E-state index contributed by atoms with van der Waals surface area (Å²) in [6.07, 6.45) is 7.83. The van der Waals surface area contributed by atoms with E-state index in [1.54, 1.807) is 6.07 Å². The molecule has 1 aromatic carbocycles. The topological polar surface area (TPSA) is 98.2 Å². The molecule has 0 spiro atoms. The Kier molecular flexibility index (Phi) is 4.88. The lowest BCUT2D eigenvalue weighted by Gasteiger charge is -2.21. The van der Waals surface area contributed by atoms with Crippen LogP contribution in [0.15, 0.2) is 23.1 Å². The number of rotatable bonds is 5. The molecule has 20 heavy (non-hydrogen) atoms. The summed E-state index contributed by atoms with van der Waals surface area (Å²) < 4.78 is 22.4. The standard InChI is InChI=1S/C14H23N3O2S/c15-13-10-12(20(16,18)19)6-7-14(13)17-9-8-11-4-2-1-3-5-11/h6-7,10-11,17H,1-5,8-9,15H2,(H2,16,18,19). The summed E-state index contributed by atoms with van der Waals surface area (Å²) in [7, 11) is -3.69. The second kappa shape index (κ2) is 6.45. The van der Waals surface area contributed by atoms with Crippen LogP contribution < -0.4 is 16.2 Å². The summed E-state index contributed by atoms with van der Waals surface area (Å²) in [5.41, 5.74) is 7.04. The molecule has 0 bridgehead atoms. The van der Waals surface area contributed by atoms with E-state index in [-0.39, 0.29) is 4.90 Å². The van der Waals surface area contributed by atoms with Gasteiger partial charge in [0.05, 0.1) is 16.3 Å². The van der Waals surface area contributed by atoms with Crippen LogP contribution in [0.4, 0.5) is 11.4 Å². The van der Waals surface area contributed by atoms with Crippen LogP contribution in [0, 0.1) is 5.92 Å². The van der Waals surface area contributed by atoms with E-state index in [1.807, 2.05) is 0 Å². The highest BCUT2D eigenvalue weighted by Gasteiger charge is 2.13. The van der Waals surface area contributed by atoms with Crippen LogP contribution in [0.1, 0.15) is 38.5 Å². The molecule has 0 saturated heterocycles. The zero-order chi connectivity index (χ0) is 14.6. The number of hydrogen-bond acceptors (Lipinski definition) is 4. The Balaban J connectivity index is 1.90. The van der Waals surface area contributed by atoms with Crippen LogP contribution in [0.5, 0.6) is 0 Å². The number of nitrogens with two attached hydrogens (primary N) is 2. The van der Waals surface area contributed by atoms with E-state index in [0.29, 0.717) is 5.69 Å². The largest absolute Gasteiger partial charge is 0.397 e. The molecule has 5 N–H and O–H groups in total. The van der Waals surface area contributed by atoms with E-state index >= 15 is 0 Å². The fourth-order valence-electron chi connectivity index (χ4n) is 2.77. The molecule has 2 rings (SSSR count). The van der Waals surface area contributed by atoms with E-state index in [4.69, 9.17) is 10.9 Å². The van der Waals surface area contributed by atoms with E-state index in [0.717, 1.165) is 24.6 Å². The molecule has 0 amide bonds. The predicted molar refractivity (Wildman–Crippen MR) is 81.9 cm³/mol. The van der Waals surface area contributed by atoms with Gasteiger partial charge in [0, 0.05) is 6.54 Å². The molecule has 0 atom stereocenters. The quantitative estimate of drug-likeness (QED) is 0.726. The number of benzene rings is 1. The minimum absolute atomic E-state index is 0.0489. The van der Waals surface area contributed by atoms with Crippen molar-refractivity contribution in [3.8, 4) is 0 Å². The zero-order valence-corrected chi connectivity index (χ0v) is 12.5. The third kappa shape index (κ3) is 4.11. The summed E-state index contributed by atoms with van der Waals surface area (Å²) in [4.78, 5) is 0.0489. The molecule has 0 aromatic heterocycles. The van der Waals surface area contributed by atoms with Crippen molar-refractivity contribution in [1.29, 1.82) is 0 Å². The molecule has 0 heterocycles.